The van der Waals surface area contributed by atoms with E-state index >= 15 is 0 Å². The molecule has 0 bridgehead atoms. The van der Waals surface area contributed by atoms with Crippen molar-refractivity contribution in [2.45, 2.75) is 32.0 Å². The molecule has 36 heavy (non-hydrogen) atoms. The SMILES string of the molecule is CCOC(=O)C(Cc1ccc(O)c(O)c1)NC(O)Cc1c(-c2ccc(Cl)cc2)nc2ccc(Cl)cn12. The van der Waals surface area contributed by atoms with E-state index in [1.54, 1.807) is 47.9 Å². The molecule has 188 valence electrons. The summed E-state index contributed by atoms with van der Waals surface area (Å²) < 4.78 is 6.98. The Balaban J connectivity index is 1.63. The molecule has 0 saturated carbocycles. The summed E-state index contributed by atoms with van der Waals surface area (Å²) >= 11 is 12.3. The summed E-state index contributed by atoms with van der Waals surface area (Å²) in [5.74, 6) is -1.12. The molecule has 2 atom stereocenters. The summed E-state index contributed by atoms with van der Waals surface area (Å²) in [6.45, 7) is 1.86. The molecule has 0 spiro atoms. The van der Waals surface area contributed by atoms with Gasteiger partial charge in [-0.3, -0.25) is 10.1 Å². The number of ether oxygens (including phenoxy) is 1. The van der Waals surface area contributed by atoms with Crippen LogP contribution in [0.3, 0.4) is 0 Å². The van der Waals surface area contributed by atoms with E-state index in [1.165, 1.54) is 12.1 Å². The second kappa shape index (κ2) is 11.2. The number of benzene rings is 2. The van der Waals surface area contributed by atoms with Crippen LogP contribution >= 0.6 is 23.2 Å². The molecule has 0 aliphatic heterocycles. The fourth-order valence-corrected chi connectivity index (χ4v) is 4.25. The minimum Gasteiger partial charge on any atom is -0.504 e. The van der Waals surface area contributed by atoms with Gasteiger partial charge in [0.1, 0.15) is 17.9 Å². The Kier molecular flexibility index (Phi) is 8.01. The number of fused-ring (bicyclic) bond motifs is 1. The van der Waals surface area contributed by atoms with E-state index in [1.807, 2.05) is 12.1 Å². The third-order valence-corrected chi connectivity index (χ3v) is 6.11. The van der Waals surface area contributed by atoms with Crippen molar-refractivity contribution in [1.82, 2.24) is 14.7 Å². The van der Waals surface area contributed by atoms with Gasteiger partial charge in [0.25, 0.3) is 0 Å². The highest BCUT2D eigenvalue weighted by Gasteiger charge is 2.25. The molecule has 0 fully saturated rings. The van der Waals surface area contributed by atoms with Crippen molar-refractivity contribution in [2.75, 3.05) is 6.61 Å². The van der Waals surface area contributed by atoms with Crippen molar-refractivity contribution in [1.29, 1.82) is 0 Å². The molecule has 0 saturated heterocycles. The van der Waals surface area contributed by atoms with Crippen molar-refractivity contribution in [3.8, 4) is 22.8 Å². The summed E-state index contributed by atoms with van der Waals surface area (Å²) in [6, 6.07) is 14.1. The van der Waals surface area contributed by atoms with Crippen molar-refractivity contribution >= 4 is 34.8 Å². The Bertz CT molecular complexity index is 1370. The summed E-state index contributed by atoms with van der Waals surface area (Å²) in [7, 11) is 0. The number of nitrogens with one attached hydrogen (secondary N) is 1. The molecule has 0 amide bonds. The number of phenols is 2. The number of aromatic nitrogens is 2. The highest BCUT2D eigenvalue weighted by molar-refractivity contribution is 6.30. The number of aromatic hydroxyl groups is 2. The maximum Gasteiger partial charge on any atom is 0.323 e. The summed E-state index contributed by atoms with van der Waals surface area (Å²) in [4.78, 5) is 17.4. The number of aliphatic hydroxyl groups is 1. The second-order valence-electron chi connectivity index (χ2n) is 8.21. The van der Waals surface area contributed by atoms with Crippen LogP contribution in [0.5, 0.6) is 11.5 Å². The molecule has 10 heteroatoms. The number of aliphatic hydroxyl groups excluding tert-OH is 1. The molecule has 4 aromatic rings. The molecular weight excluding hydrogens is 505 g/mol. The monoisotopic (exact) mass is 529 g/mol. The van der Waals surface area contributed by atoms with Gasteiger partial charge in [0, 0.05) is 23.2 Å². The first kappa shape index (κ1) is 25.8. The lowest BCUT2D eigenvalue weighted by Gasteiger charge is -2.22. The van der Waals surface area contributed by atoms with Gasteiger partial charge < -0.3 is 24.5 Å². The smallest absolute Gasteiger partial charge is 0.323 e. The van der Waals surface area contributed by atoms with Gasteiger partial charge in [0.15, 0.2) is 11.5 Å². The Labute approximate surface area is 217 Å². The number of nitrogens with zero attached hydrogens (tertiary/aromatic N) is 2. The van der Waals surface area contributed by atoms with Gasteiger partial charge in [-0.05, 0) is 55.3 Å². The fourth-order valence-electron chi connectivity index (χ4n) is 3.96. The topological polar surface area (TPSA) is 116 Å². The van der Waals surface area contributed by atoms with Crippen LogP contribution in [0, 0.1) is 0 Å². The fraction of sp³-hybridized carbons (Fsp3) is 0.231. The van der Waals surface area contributed by atoms with E-state index in [0.717, 1.165) is 5.56 Å². The number of carbonyl (C=O) groups is 1. The summed E-state index contributed by atoms with van der Waals surface area (Å²) in [5, 5.41) is 34.5. The number of imidazole rings is 1. The van der Waals surface area contributed by atoms with E-state index in [-0.39, 0.29) is 30.9 Å². The molecular formula is C26H25Cl2N3O5. The van der Waals surface area contributed by atoms with E-state index in [0.29, 0.717) is 32.6 Å². The maximum absolute atomic E-state index is 12.7. The van der Waals surface area contributed by atoms with Gasteiger partial charge in [-0.1, -0.05) is 41.4 Å². The molecule has 2 unspecified atom stereocenters. The minimum atomic E-state index is -1.16. The van der Waals surface area contributed by atoms with Crippen LogP contribution in [-0.4, -0.2) is 49.6 Å². The van der Waals surface area contributed by atoms with Gasteiger partial charge in [-0.25, -0.2) is 4.98 Å². The number of halogens is 2. The van der Waals surface area contributed by atoms with E-state index < -0.39 is 18.2 Å². The summed E-state index contributed by atoms with van der Waals surface area (Å²) in [6.07, 6.45) is 0.770. The number of hydrogen-bond donors (Lipinski definition) is 4. The van der Waals surface area contributed by atoms with Crippen LogP contribution in [0.4, 0.5) is 0 Å². The van der Waals surface area contributed by atoms with Gasteiger partial charge >= 0.3 is 5.97 Å². The Morgan fingerprint density at radius 3 is 2.44 bits per heavy atom. The third-order valence-electron chi connectivity index (χ3n) is 5.63. The third kappa shape index (κ3) is 5.91. The van der Waals surface area contributed by atoms with Crippen molar-refractivity contribution in [2.24, 2.45) is 0 Å². The first-order chi connectivity index (χ1) is 17.2. The minimum absolute atomic E-state index is 0.0935. The molecule has 0 aliphatic rings. The van der Waals surface area contributed by atoms with E-state index in [4.69, 9.17) is 32.9 Å². The number of hydrogen-bond acceptors (Lipinski definition) is 7. The van der Waals surface area contributed by atoms with Crippen molar-refractivity contribution in [3.63, 3.8) is 0 Å². The zero-order valence-electron chi connectivity index (χ0n) is 19.4. The molecule has 0 aliphatic carbocycles. The Hall–Kier alpha value is -3.30. The normalized spacial score (nSPS) is 13.0. The maximum atomic E-state index is 12.7. The van der Waals surface area contributed by atoms with Crippen LogP contribution in [0.1, 0.15) is 18.2 Å². The molecule has 4 N–H and O–H groups in total. The van der Waals surface area contributed by atoms with Gasteiger partial charge in [0.05, 0.1) is 23.0 Å². The number of rotatable bonds is 9. The second-order valence-corrected chi connectivity index (χ2v) is 9.08. The number of pyridine rings is 1. The van der Waals surface area contributed by atoms with Crippen LogP contribution in [0.25, 0.3) is 16.9 Å². The Morgan fingerprint density at radius 2 is 1.75 bits per heavy atom. The molecule has 0 radical (unpaired) electrons. The van der Waals surface area contributed by atoms with Crippen molar-refractivity contribution in [3.05, 3.63) is 82.1 Å². The lowest BCUT2D eigenvalue weighted by molar-refractivity contribution is -0.146. The van der Waals surface area contributed by atoms with Gasteiger partial charge in [-0.2, -0.15) is 0 Å². The zero-order chi connectivity index (χ0) is 25.8. The van der Waals surface area contributed by atoms with Crippen LogP contribution < -0.4 is 5.32 Å². The number of esters is 1. The van der Waals surface area contributed by atoms with Gasteiger partial charge in [0.2, 0.25) is 0 Å². The highest BCUT2D eigenvalue weighted by atomic mass is 35.5. The molecule has 2 heterocycles. The largest absolute Gasteiger partial charge is 0.504 e. The molecule has 2 aromatic carbocycles. The summed E-state index contributed by atoms with van der Waals surface area (Å²) in [5.41, 5.74) is 3.35. The highest BCUT2D eigenvalue weighted by Crippen LogP contribution is 2.28. The van der Waals surface area contributed by atoms with Crippen LogP contribution in [0.2, 0.25) is 10.0 Å². The standard InChI is InChI=1S/C26H25Cl2N3O5/c1-2-36-26(35)19(11-15-3-9-21(32)22(33)12-15)29-24(34)13-20-25(16-4-6-17(27)7-5-16)30-23-10-8-18(28)14-31(20)23/h3-10,12,14,19,24,29,32-34H,2,11,13H2,1H3. The first-order valence-corrected chi connectivity index (χ1v) is 12.0. The quantitative estimate of drug-likeness (QED) is 0.145. The molecule has 2 aromatic heterocycles. The number of phenolic OH excluding ortho intramolecular Hbond substituents is 2. The zero-order valence-corrected chi connectivity index (χ0v) is 20.9. The van der Waals surface area contributed by atoms with E-state index in [9.17, 15) is 20.1 Å². The van der Waals surface area contributed by atoms with E-state index in [2.05, 4.69) is 5.32 Å². The lowest BCUT2D eigenvalue weighted by atomic mass is 10.0. The van der Waals surface area contributed by atoms with Crippen LogP contribution in [0.15, 0.2) is 60.8 Å². The first-order valence-electron chi connectivity index (χ1n) is 11.3. The van der Waals surface area contributed by atoms with Crippen molar-refractivity contribution < 1.29 is 24.9 Å². The lowest BCUT2D eigenvalue weighted by Crippen LogP contribution is -2.46. The molecule has 8 nitrogen and oxygen atoms in total. The Morgan fingerprint density at radius 1 is 1.03 bits per heavy atom. The predicted octanol–water partition coefficient (Wildman–Crippen LogP) is 4.34. The predicted molar refractivity (Wildman–Crippen MR) is 137 cm³/mol. The number of carbonyl (C=O) groups excluding carboxylic acids is 1. The van der Waals surface area contributed by atoms with Crippen LogP contribution in [-0.2, 0) is 22.4 Å². The average Bonchev–Trinajstić information content (AvgIpc) is 3.19. The molecule has 4 rings (SSSR count). The average molecular weight is 530 g/mol. The van der Waals surface area contributed by atoms with Gasteiger partial charge in [-0.15, -0.1) is 0 Å².